The van der Waals surface area contributed by atoms with E-state index in [1.54, 1.807) is 12.1 Å². The Balaban J connectivity index is 1.52. The van der Waals surface area contributed by atoms with E-state index in [1.807, 2.05) is 30.9 Å². The molecule has 1 aliphatic heterocycles. The van der Waals surface area contributed by atoms with Gasteiger partial charge in [0.05, 0.1) is 28.8 Å². The summed E-state index contributed by atoms with van der Waals surface area (Å²) in [6.07, 6.45) is 0.858. The number of benzene rings is 3. The molecule has 2 N–H and O–H groups in total. The Morgan fingerprint density at radius 1 is 1.00 bits per heavy atom. The lowest BCUT2D eigenvalue weighted by atomic mass is 10.1. The molecular formula is C30H34ClFN6O5. The molecule has 1 aliphatic rings. The first-order valence-corrected chi connectivity index (χ1v) is 14.1. The fraction of sp³-hybridized carbons (Fsp3) is 0.333. The van der Waals surface area contributed by atoms with E-state index in [9.17, 15) is 24.1 Å². The third kappa shape index (κ3) is 8.40. The smallest absolute Gasteiger partial charge is 0.282 e. The predicted molar refractivity (Wildman–Crippen MR) is 166 cm³/mol. The second kappa shape index (κ2) is 14.3. The molecule has 0 unspecified atom stereocenters. The van der Waals surface area contributed by atoms with E-state index in [-0.39, 0.29) is 33.2 Å². The monoisotopic (exact) mass is 612 g/mol. The fourth-order valence-corrected chi connectivity index (χ4v) is 4.83. The van der Waals surface area contributed by atoms with Crippen molar-refractivity contribution in [3.05, 3.63) is 86.7 Å². The lowest BCUT2D eigenvalue weighted by Crippen LogP contribution is -2.36. The molecule has 4 rings (SSSR count). The third-order valence-corrected chi connectivity index (χ3v) is 7.28. The predicted octanol–water partition coefficient (Wildman–Crippen LogP) is 5.12. The van der Waals surface area contributed by atoms with Crippen LogP contribution in [-0.2, 0) is 4.74 Å². The van der Waals surface area contributed by atoms with Gasteiger partial charge in [-0.15, -0.1) is 0 Å². The van der Waals surface area contributed by atoms with Gasteiger partial charge in [0.1, 0.15) is 11.4 Å². The van der Waals surface area contributed by atoms with Crippen LogP contribution in [0.2, 0.25) is 5.02 Å². The summed E-state index contributed by atoms with van der Waals surface area (Å²) < 4.78 is 19.7. The van der Waals surface area contributed by atoms with E-state index in [0.717, 1.165) is 13.0 Å². The van der Waals surface area contributed by atoms with Crippen LogP contribution in [0.1, 0.15) is 27.1 Å². The first-order chi connectivity index (χ1) is 20.5. The highest BCUT2D eigenvalue weighted by Gasteiger charge is 2.23. The first kappa shape index (κ1) is 31.7. The van der Waals surface area contributed by atoms with Crippen molar-refractivity contribution in [3.8, 4) is 0 Å². The van der Waals surface area contributed by atoms with Crippen LogP contribution < -0.4 is 20.4 Å². The number of rotatable bonds is 11. The Hall–Kier alpha value is -4.26. The number of morpholine rings is 1. The van der Waals surface area contributed by atoms with Gasteiger partial charge in [-0.1, -0.05) is 11.6 Å². The largest absolute Gasteiger partial charge is 0.378 e. The van der Waals surface area contributed by atoms with Crippen molar-refractivity contribution >= 4 is 51.9 Å². The Labute approximate surface area is 254 Å². The van der Waals surface area contributed by atoms with E-state index >= 15 is 0 Å². The van der Waals surface area contributed by atoms with E-state index in [2.05, 4.69) is 15.5 Å². The maximum absolute atomic E-state index is 14.4. The van der Waals surface area contributed by atoms with Crippen LogP contribution in [0.15, 0.2) is 54.6 Å². The number of amides is 2. The van der Waals surface area contributed by atoms with Gasteiger partial charge in [-0.25, -0.2) is 4.39 Å². The highest BCUT2D eigenvalue weighted by Crippen LogP contribution is 2.29. The number of nitro groups is 1. The molecule has 0 atom stereocenters. The molecule has 1 saturated heterocycles. The number of nitrogens with zero attached hydrogens (tertiary/aromatic N) is 4. The summed E-state index contributed by atoms with van der Waals surface area (Å²) in [6, 6.07) is 12.9. The summed E-state index contributed by atoms with van der Waals surface area (Å²) in [5.41, 5.74) is 1.23. The number of carbonyl (C=O) groups excluding carboxylic acids is 2. The van der Waals surface area contributed by atoms with Crippen LogP contribution >= 0.6 is 11.6 Å². The summed E-state index contributed by atoms with van der Waals surface area (Å²) in [4.78, 5) is 43.5. The van der Waals surface area contributed by atoms with Crippen molar-refractivity contribution in [2.45, 2.75) is 6.42 Å². The summed E-state index contributed by atoms with van der Waals surface area (Å²) in [5.74, 6) is -1.82. The lowest BCUT2D eigenvalue weighted by molar-refractivity contribution is -0.385. The number of nitro benzene ring substituents is 1. The normalized spacial score (nSPS) is 13.1. The number of hydrogen-bond donors (Lipinski definition) is 2. The van der Waals surface area contributed by atoms with E-state index in [4.69, 9.17) is 16.3 Å². The van der Waals surface area contributed by atoms with Gasteiger partial charge in [-0.2, -0.15) is 0 Å². The van der Waals surface area contributed by atoms with Crippen molar-refractivity contribution in [1.29, 1.82) is 0 Å². The van der Waals surface area contributed by atoms with E-state index in [0.29, 0.717) is 44.2 Å². The average Bonchev–Trinajstić information content (AvgIpc) is 2.97. The molecule has 3 aromatic rings. The van der Waals surface area contributed by atoms with Crippen LogP contribution in [0.25, 0.3) is 0 Å². The Morgan fingerprint density at radius 2 is 1.74 bits per heavy atom. The van der Waals surface area contributed by atoms with Gasteiger partial charge < -0.3 is 30.1 Å². The van der Waals surface area contributed by atoms with Crippen LogP contribution in [0.4, 0.5) is 32.8 Å². The molecule has 2 amide bonds. The summed E-state index contributed by atoms with van der Waals surface area (Å²) in [5, 5.41) is 17.2. The molecule has 3 aromatic carbocycles. The molecule has 0 aromatic heterocycles. The number of ether oxygens (including phenoxy) is 1. The number of nitrogens with one attached hydrogen (secondary N) is 2. The minimum absolute atomic E-state index is 0.0894. The van der Waals surface area contributed by atoms with Gasteiger partial charge in [0.15, 0.2) is 0 Å². The molecule has 0 bridgehead atoms. The second-order valence-electron chi connectivity index (χ2n) is 10.4. The van der Waals surface area contributed by atoms with Crippen molar-refractivity contribution in [3.63, 3.8) is 0 Å². The Morgan fingerprint density at radius 3 is 2.44 bits per heavy atom. The maximum atomic E-state index is 14.4. The van der Waals surface area contributed by atoms with Gasteiger partial charge in [-0.05, 0) is 75.6 Å². The van der Waals surface area contributed by atoms with Crippen molar-refractivity contribution in [2.24, 2.45) is 0 Å². The van der Waals surface area contributed by atoms with Crippen molar-refractivity contribution in [2.75, 3.05) is 81.0 Å². The van der Waals surface area contributed by atoms with Crippen LogP contribution in [0.3, 0.4) is 0 Å². The number of carbonyl (C=O) groups is 2. The average molecular weight is 613 g/mol. The molecule has 1 heterocycles. The van der Waals surface area contributed by atoms with Gasteiger partial charge in [0, 0.05) is 55.4 Å². The Bertz CT molecular complexity index is 1500. The van der Waals surface area contributed by atoms with Crippen molar-refractivity contribution in [1.82, 2.24) is 4.90 Å². The van der Waals surface area contributed by atoms with E-state index in [1.165, 1.54) is 42.5 Å². The SMILES string of the molecule is CN(C)CCCN(C)c1ccc([N+](=O)[O-])c(C(=O)Nc2cc(C(=O)Nc3cc(F)cc(N4CCOCC4)c3)ccc2Cl)c1. The molecule has 0 radical (unpaired) electrons. The van der Waals surface area contributed by atoms with Crippen molar-refractivity contribution < 1.29 is 23.6 Å². The molecule has 0 spiro atoms. The minimum atomic E-state index is -0.755. The second-order valence-corrected chi connectivity index (χ2v) is 10.8. The van der Waals surface area contributed by atoms with Crippen LogP contribution in [-0.4, -0.2) is 82.2 Å². The summed E-state index contributed by atoms with van der Waals surface area (Å²) in [6.45, 7) is 3.80. The summed E-state index contributed by atoms with van der Waals surface area (Å²) in [7, 11) is 5.80. The highest BCUT2D eigenvalue weighted by molar-refractivity contribution is 6.34. The standard InChI is InChI=1S/C30H34ClFN6O5/c1-35(2)9-4-10-36(3)23-6-8-28(38(41)42)25(19-23)30(40)34-27-15-20(5-7-26(27)31)29(39)33-22-16-21(32)17-24(18-22)37-11-13-43-14-12-37/h5-8,15-19H,4,9-14H2,1-3H3,(H,33,39)(H,34,40). The van der Waals surface area contributed by atoms with Gasteiger partial charge in [0.2, 0.25) is 0 Å². The van der Waals surface area contributed by atoms with E-state index < -0.39 is 22.6 Å². The number of halogens is 2. The topological polar surface area (TPSA) is 120 Å². The molecule has 0 saturated carbocycles. The molecule has 1 fully saturated rings. The number of hydrogen-bond acceptors (Lipinski definition) is 8. The quantitative estimate of drug-likeness (QED) is 0.226. The maximum Gasteiger partial charge on any atom is 0.282 e. The van der Waals surface area contributed by atoms with Crippen LogP contribution in [0.5, 0.6) is 0 Å². The summed E-state index contributed by atoms with van der Waals surface area (Å²) >= 11 is 6.33. The third-order valence-electron chi connectivity index (χ3n) is 6.95. The molecule has 43 heavy (non-hydrogen) atoms. The highest BCUT2D eigenvalue weighted by atomic mass is 35.5. The van der Waals surface area contributed by atoms with Crippen LogP contribution in [0, 0.1) is 15.9 Å². The van der Waals surface area contributed by atoms with Gasteiger partial charge in [0.25, 0.3) is 17.5 Å². The zero-order chi connectivity index (χ0) is 31.1. The zero-order valence-electron chi connectivity index (χ0n) is 24.2. The zero-order valence-corrected chi connectivity index (χ0v) is 25.0. The molecule has 11 nitrogen and oxygen atoms in total. The lowest BCUT2D eigenvalue weighted by Gasteiger charge is -2.29. The first-order valence-electron chi connectivity index (χ1n) is 13.7. The number of anilines is 4. The van der Waals surface area contributed by atoms with Gasteiger partial charge in [-0.3, -0.25) is 19.7 Å². The Kier molecular flexibility index (Phi) is 10.5. The molecular weight excluding hydrogens is 579 g/mol. The fourth-order valence-electron chi connectivity index (χ4n) is 4.66. The molecule has 228 valence electrons. The molecule has 0 aliphatic carbocycles. The van der Waals surface area contributed by atoms with Gasteiger partial charge >= 0.3 is 0 Å². The minimum Gasteiger partial charge on any atom is -0.378 e. The molecule has 13 heteroatoms.